The highest BCUT2D eigenvalue weighted by atomic mass is 19.1. The fourth-order valence-corrected chi connectivity index (χ4v) is 2.46. The number of likely N-dealkylation sites (tertiary alicyclic amines) is 1. The van der Waals surface area contributed by atoms with Gasteiger partial charge >= 0.3 is 0 Å². The monoisotopic (exact) mass is 267 g/mol. The number of piperidine rings is 1. The molecule has 1 heterocycles. The van der Waals surface area contributed by atoms with Gasteiger partial charge in [-0.3, -0.25) is 10.1 Å². The molecule has 0 aliphatic carbocycles. The Labute approximate surface area is 111 Å². The van der Waals surface area contributed by atoms with Gasteiger partial charge < -0.3 is 10.2 Å². The van der Waals surface area contributed by atoms with E-state index in [1.807, 2.05) is 0 Å². The van der Waals surface area contributed by atoms with Crippen molar-refractivity contribution in [3.8, 4) is 0 Å². The first-order valence-electron chi connectivity index (χ1n) is 6.42. The fourth-order valence-electron chi connectivity index (χ4n) is 2.46. The minimum Gasteiger partial charge on any atom is -0.382 e. The average molecular weight is 267 g/mol. The minimum absolute atomic E-state index is 0.0929. The van der Waals surface area contributed by atoms with Gasteiger partial charge in [0.05, 0.1) is 10.6 Å². The van der Waals surface area contributed by atoms with Crippen molar-refractivity contribution < 1.29 is 9.31 Å². The number of benzene rings is 1. The molecule has 1 saturated heterocycles. The second-order valence-electron chi connectivity index (χ2n) is 5.07. The smallest absolute Gasteiger partial charge is 0.271 e. The van der Waals surface area contributed by atoms with Crippen LogP contribution in [0, 0.1) is 21.8 Å². The molecule has 0 bridgehead atoms. The Morgan fingerprint density at radius 2 is 2.37 bits per heavy atom. The van der Waals surface area contributed by atoms with Crippen LogP contribution in [0.3, 0.4) is 0 Å². The van der Waals surface area contributed by atoms with Gasteiger partial charge in [0.1, 0.15) is 5.82 Å². The number of nitro benzene ring substituents is 1. The molecule has 0 aromatic heterocycles. The maximum absolute atomic E-state index is 13.6. The number of non-ortho nitro benzene ring substituents is 1. The topological polar surface area (TPSA) is 58.4 Å². The third-order valence-electron chi connectivity index (χ3n) is 3.46. The molecule has 1 aromatic carbocycles. The molecule has 5 nitrogen and oxygen atoms in total. The Morgan fingerprint density at radius 1 is 1.58 bits per heavy atom. The Morgan fingerprint density at radius 3 is 3.05 bits per heavy atom. The van der Waals surface area contributed by atoms with Crippen LogP contribution < -0.4 is 5.32 Å². The molecule has 1 fully saturated rings. The Balaban J connectivity index is 1.98. The molecule has 0 amide bonds. The maximum atomic E-state index is 13.6. The van der Waals surface area contributed by atoms with Crippen LogP contribution in [-0.4, -0.2) is 36.5 Å². The Bertz CT molecular complexity index is 467. The number of rotatable bonds is 4. The van der Waals surface area contributed by atoms with Crippen molar-refractivity contribution in [2.75, 3.05) is 32.0 Å². The lowest BCUT2D eigenvalue weighted by Gasteiger charge is -2.29. The van der Waals surface area contributed by atoms with Crippen molar-refractivity contribution in [1.29, 1.82) is 0 Å². The third kappa shape index (κ3) is 3.64. The summed E-state index contributed by atoms with van der Waals surface area (Å²) in [6.45, 7) is 2.72. The number of nitrogens with zero attached hydrogens (tertiary/aromatic N) is 2. The van der Waals surface area contributed by atoms with Crippen LogP contribution in [0.15, 0.2) is 18.2 Å². The zero-order valence-corrected chi connectivity index (χ0v) is 10.9. The van der Waals surface area contributed by atoms with Gasteiger partial charge in [-0.25, -0.2) is 4.39 Å². The van der Waals surface area contributed by atoms with Gasteiger partial charge in [0.2, 0.25) is 0 Å². The first-order chi connectivity index (χ1) is 9.06. The number of hydrogen-bond acceptors (Lipinski definition) is 4. The molecular weight excluding hydrogens is 249 g/mol. The van der Waals surface area contributed by atoms with Crippen LogP contribution in [0.2, 0.25) is 0 Å². The van der Waals surface area contributed by atoms with E-state index in [1.54, 1.807) is 0 Å². The molecule has 2 rings (SSSR count). The predicted molar refractivity (Wildman–Crippen MR) is 71.8 cm³/mol. The number of halogens is 1. The van der Waals surface area contributed by atoms with E-state index in [0.29, 0.717) is 12.5 Å². The van der Waals surface area contributed by atoms with Crippen LogP contribution >= 0.6 is 0 Å². The molecular formula is C13H18FN3O2. The zero-order valence-electron chi connectivity index (χ0n) is 10.9. The summed E-state index contributed by atoms with van der Waals surface area (Å²) in [6, 6.07) is 3.56. The molecule has 6 heteroatoms. The molecule has 1 aliphatic heterocycles. The quantitative estimate of drug-likeness (QED) is 0.672. The third-order valence-corrected chi connectivity index (χ3v) is 3.46. The molecule has 0 spiro atoms. The summed E-state index contributed by atoms with van der Waals surface area (Å²) in [5.41, 5.74) is 0.118. The molecule has 1 aliphatic rings. The SMILES string of the molecule is CN1CCCC(CNc2cc([N+](=O)[O-])ccc2F)C1. The van der Waals surface area contributed by atoms with E-state index in [-0.39, 0.29) is 11.4 Å². The molecule has 19 heavy (non-hydrogen) atoms. The van der Waals surface area contributed by atoms with Crippen LogP contribution in [-0.2, 0) is 0 Å². The second-order valence-corrected chi connectivity index (χ2v) is 5.07. The van der Waals surface area contributed by atoms with Crippen molar-refractivity contribution in [3.05, 3.63) is 34.1 Å². The fraction of sp³-hybridized carbons (Fsp3) is 0.538. The van der Waals surface area contributed by atoms with Crippen LogP contribution in [0.5, 0.6) is 0 Å². The predicted octanol–water partition coefficient (Wildman–Crippen LogP) is 2.49. The van der Waals surface area contributed by atoms with E-state index in [0.717, 1.165) is 32.0 Å². The van der Waals surface area contributed by atoms with Gasteiger partial charge in [-0.2, -0.15) is 0 Å². The summed E-state index contributed by atoms with van der Waals surface area (Å²) in [7, 11) is 2.07. The lowest BCUT2D eigenvalue weighted by Crippen LogP contribution is -2.35. The first kappa shape index (κ1) is 13.7. The first-order valence-corrected chi connectivity index (χ1v) is 6.42. The molecule has 1 aromatic rings. The largest absolute Gasteiger partial charge is 0.382 e. The van der Waals surface area contributed by atoms with Crippen molar-refractivity contribution in [2.45, 2.75) is 12.8 Å². The standard InChI is InChI=1S/C13H18FN3O2/c1-16-6-2-3-10(9-16)8-15-13-7-11(17(18)19)4-5-12(13)14/h4-5,7,10,15H,2-3,6,8-9H2,1H3. The summed E-state index contributed by atoms with van der Waals surface area (Å²) in [5.74, 6) is 0.00664. The van der Waals surface area contributed by atoms with Gasteiger partial charge in [0.15, 0.2) is 0 Å². The molecule has 0 radical (unpaired) electrons. The molecule has 1 N–H and O–H groups in total. The van der Waals surface area contributed by atoms with E-state index in [1.165, 1.54) is 12.1 Å². The van der Waals surface area contributed by atoms with E-state index in [2.05, 4.69) is 17.3 Å². The molecule has 0 saturated carbocycles. The van der Waals surface area contributed by atoms with Crippen LogP contribution in [0.1, 0.15) is 12.8 Å². The highest BCUT2D eigenvalue weighted by Gasteiger charge is 2.18. The van der Waals surface area contributed by atoms with Gasteiger partial charge in [-0.1, -0.05) is 0 Å². The number of nitrogens with one attached hydrogen (secondary N) is 1. The highest BCUT2D eigenvalue weighted by molar-refractivity contribution is 5.52. The van der Waals surface area contributed by atoms with Crippen molar-refractivity contribution in [3.63, 3.8) is 0 Å². The van der Waals surface area contributed by atoms with E-state index >= 15 is 0 Å². The minimum atomic E-state index is -0.515. The van der Waals surface area contributed by atoms with Gasteiger partial charge in [-0.15, -0.1) is 0 Å². The lowest BCUT2D eigenvalue weighted by molar-refractivity contribution is -0.384. The summed E-state index contributed by atoms with van der Waals surface area (Å²) in [6.07, 6.45) is 2.24. The summed E-state index contributed by atoms with van der Waals surface area (Å²) < 4.78 is 13.6. The van der Waals surface area contributed by atoms with E-state index in [9.17, 15) is 14.5 Å². The molecule has 1 atom stereocenters. The number of nitro groups is 1. The van der Waals surface area contributed by atoms with E-state index < -0.39 is 10.7 Å². The van der Waals surface area contributed by atoms with Crippen molar-refractivity contribution in [1.82, 2.24) is 4.90 Å². The van der Waals surface area contributed by atoms with Crippen molar-refractivity contribution in [2.24, 2.45) is 5.92 Å². The lowest BCUT2D eigenvalue weighted by atomic mass is 9.98. The highest BCUT2D eigenvalue weighted by Crippen LogP contribution is 2.22. The molecule has 104 valence electrons. The number of hydrogen-bond donors (Lipinski definition) is 1. The zero-order chi connectivity index (χ0) is 13.8. The maximum Gasteiger partial charge on any atom is 0.271 e. The summed E-state index contributed by atoms with van der Waals surface area (Å²) in [4.78, 5) is 12.4. The summed E-state index contributed by atoms with van der Waals surface area (Å²) in [5, 5.41) is 13.7. The average Bonchev–Trinajstić information content (AvgIpc) is 2.37. The van der Waals surface area contributed by atoms with Crippen LogP contribution in [0.25, 0.3) is 0 Å². The summed E-state index contributed by atoms with van der Waals surface area (Å²) >= 11 is 0. The Hall–Kier alpha value is -1.69. The number of anilines is 1. The normalized spacial score (nSPS) is 20.2. The van der Waals surface area contributed by atoms with E-state index in [4.69, 9.17) is 0 Å². The van der Waals surface area contributed by atoms with Crippen molar-refractivity contribution >= 4 is 11.4 Å². The molecule has 1 unspecified atom stereocenters. The second kappa shape index (κ2) is 5.97. The van der Waals surface area contributed by atoms with Crippen LogP contribution in [0.4, 0.5) is 15.8 Å². The Kier molecular flexibility index (Phi) is 4.31. The van der Waals surface area contributed by atoms with Gasteiger partial charge in [-0.05, 0) is 38.4 Å². The van der Waals surface area contributed by atoms with Gasteiger partial charge in [0, 0.05) is 25.2 Å². The van der Waals surface area contributed by atoms with Gasteiger partial charge in [0.25, 0.3) is 5.69 Å².